The lowest BCUT2D eigenvalue weighted by molar-refractivity contribution is -0.0302. The van der Waals surface area contributed by atoms with Crippen LogP contribution in [0.5, 0.6) is 0 Å². The van der Waals surface area contributed by atoms with Gasteiger partial charge in [-0.25, -0.2) is 0 Å². The van der Waals surface area contributed by atoms with Gasteiger partial charge in [0.1, 0.15) is 0 Å². The molecule has 0 spiro atoms. The summed E-state index contributed by atoms with van der Waals surface area (Å²) < 4.78 is 5.70. The molecule has 2 heterocycles. The van der Waals surface area contributed by atoms with Crippen molar-refractivity contribution in [3.05, 3.63) is 0 Å². The van der Waals surface area contributed by atoms with Gasteiger partial charge in [0.25, 0.3) is 0 Å². The van der Waals surface area contributed by atoms with E-state index >= 15 is 0 Å². The summed E-state index contributed by atoms with van der Waals surface area (Å²) in [6.07, 6.45) is 7.22. The average Bonchev–Trinajstić information content (AvgIpc) is 2.40. The van der Waals surface area contributed by atoms with Crippen LogP contribution in [0.15, 0.2) is 0 Å². The molecule has 2 aliphatic heterocycles. The molecule has 0 aromatic rings. The van der Waals surface area contributed by atoms with Crippen LogP contribution in [0.3, 0.4) is 0 Å². The van der Waals surface area contributed by atoms with Crippen LogP contribution >= 0.6 is 0 Å². The van der Waals surface area contributed by atoms with E-state index in [1.54, 1.807) is 0 Å². The first-order valence-electron chi connectivity index (χ1n) is 7.43. The molecule has 3 heteroatoms. The molecule has 2 fully saturated rings. The highest BCUT2D eigenvalue weighted by atomic mass is 16.5. The Bertz CT molecular complexity index is 204. The van der Waals surface area contributed by atoms with Gasteiger partial charge in [0.05, 0.1) is 12.7 Å². The van der Waals surface area contributed by atoms with E-state index in [9.17, 15) is 0 Å². The van der Waals surface area contributed by atoms with Crippen molar-refractivity contribution in [2.75, 3.05) is 39.3 Å². The summed E-state index contributed by atoms with van der Waals surface area (Å²) in [6, 6.07) is 0. The second-order valence-electron chi connectivity index (χ2n) is 5.56. The lowest BCUT2D eigenvalue weighted by atomic mass is 9.94. The molecule has 0 bridgehead atoms. The van der Waals surface area contributed by atoms with Crippen molar-refractivity contribution in [1.82, 2.24) is 10.2 Å². The second kappa shape index (κ2) is 7.34. The molecule has 2 aliphatic rings. The van der Waals surface area contributed by atoms with E-state index in [0.717, 1.165) is 32.0 Å². The van der Waals surface area contributed by atoms with Gasteiger partial charge in [0.2, 0.25) is 0 Å². The molecule has 2 atom stereocenters. The average molecular weight is 240 g/mol. The maximum Gasteiger partial charge on any atom is 0.0700 e. The standard InChI is InChI=1S/C14H28N2O/c1-2-14-12-16(9-10-17-14)8-4-6-13-5-3-7-15-11-13/h13-15H,2-12H2,1H3. The smallest absolute Gasteiger partial charge is 0.0700 e. The zero-order valence-electron chi connectivity index (χ0n) is 11.3. The highest BCUT2D eigenvalue weighted by molar-refractivity contribution is 4.73. The number of piperidine rings is 1. The van der Waals surface area contributed by atoms with Crippen molar-refractivity contribution in [3.63, 3.8) is 0 Å². The third kappa shape index (κ3) is 4.57. The predicted molar refractivity (Wildman–Crippen MR) is 71.3 cm³/mol. The van der Waals surface area contributed by atoms with Gasteiger partial charge in [-0.2, -0.15) is 0 Å². The number of nitrogens with zero attached hydrogens (tertiary/aromatic N) is 1. The maximum absolute atomic E-state index is 5.70. The molecule has 0 saturated carbocycles. The molecule has 1 N–H and O–H groups in total. The van der Waals surface area contributed by atoms with E-state index in [0.29, 0.717) is 6.10 Å². The highest BCUT2D eigenvalue weighted by Gasteiger charge is 2.19. The van der Waals surface area contributed by atoms with Gasteiger partial charge in [-0.15, -0.1) is 0 Å². The normalized spacial score (nSPS) is 31.6. The molecule has 0 aliphatic carbocycles. The van der Waals surface area contributed by atoms with Crippen molar-refractivity contribution in [3.8, 4) is 0 Å². The molecular formula is C14H28N2O. The Labute approximate surface area is 106 Å². The molecule has 0 aromatic carbocycles. The quantitative estimate of drug-likeness (QED) is 0.794. The van der Waals surface area contributed by atoms with Crippen LogP contribution in [0.25, 0.3) is 0 Å². The summed E-state index contributed by atoms with van der Waals surface area (Å²) in [5.74, 6) is 0.937. The van der Waals surface area contributed by atoms with Crippen LogP contribution < -0.4 is 5.32 Å². The fourth-order valence-electron chi connectivity index (χ4n) is 3.00. The Kier molecular flexibility index (Phi) is 5.75. The van der Waals surface area contributed by atoms with Crippen molar-refractivity contribution >= 4 is 0 Å². The predicted octanol–water partition coefficient (Wildman–Crippen LogP) is 1.88. The first kappa shape index (κ1) is 13.3. The summed E-state index contributed by atoms with van der Waals surface area (Å²) in [7, 11) is 0. The van der Waals surface area contributed by atoms with Gasteiger partial charge in [0, 0.05) is 13.1 Å². The number of morpholine rings is 1. The van der Waals surface area contributed by atoms with Crippen molar-refractivity contribution < 1.29 is 4.74 Å². The number of hydrogen-bond acceptors (Lipinski definition) is 3. The minimum Gasteiger partial charge on any atom is -0.376 e. The van der Waals surface area contributed by atoms with Crippen molar-refractivity contribution in [2.45, 2.75) is 45.1 Å². The zero-order valence-corrected chi connectivity index (χ0v) is 11.3. The van der Waals surface area contributed by atoms with E-state index in [4.69, 9.17) is 4.74 Å². The van der Waals surface area contributed by atoms with Gasteiger partial charge >= 0.3 is 0 Å². The van der Waals surface area contributed by atoms with Gasteiger partial charge in [-0.3, -0.25) is 4.90 Å². The lowest BCUT2D eigenvalue weighted by Crippen LogP contribution is -2.42. The van der Waals surface area contributed by atoms with Crippen LogP contribution in [-0.4, -0.2) is 50.3 Å². The Morgan fingerprint density at radius 3 is 3.12 bits per heavy atom. The zero-order chi connectivity index (χ0) is 11.9. The van der Waals surface area contributed by atoms with E-state index in [2.05, 4.69) is 17.1 Å². The number of rotatable bonds is 5. The minimum absolute atomic E-state index is 0.486. The topological polar surface area (TPSA) is 24.5 Å². The van der Waals surface area contributed by atoms with Gasteiger partial charge in [-0.1, -0.05) is 6.92 Å². The third-order valence-corrected chi connectivity index (χ3v) is 4.16. The minimum atomic E-state index is 0.486. The molecular weight excluding hydrogens is 212 g/mol. The first-order valence-corrected chi connectivity index (χ1v) is 7.43. The van der Waals surface area contributed by atoms with Gasteiger partial charge in [0.15, 0.2) is 0 Å². The number of nitrogens with one attached hydrogen (secondary N) is 1. The van der Waals surface area contributed by atoms with E-state index in [-0.39, 0.29) is 0 Å². The van der Waals surface area contributed by atoms with Crippen molar-refractivity contribution in [2.24, 2.45) is 5.92 Å². The monoisotopic (exact) mass is 240 g/mol. The summed E-state index contributed by atoms with van der Waals surface area (Å²) in [6.45, 7) is 9.21. The Hall–Kier alpha value is -0.120. The van der Waals surface area contributed by atoms with Crippen LogP contribution in [-0.2, 0) is 4.74 Å². The SMILES string of the molecule is CCC1CN(CCCC2CCCNC2)CCO1. The molecule has 2 rings (SSSR count). The van der Waals surface area contributed by atoms with Crippen LogP contribution in [0.2, 0.25) is 0 Å². The van der Waals surface area contributed by atoms with E-state index in [1.807, 2.05) is 0 Å². The highest BCUT2D eigenvalue weighted by Crippen LogP contribution is 2.17. The van der Waals surface area contributed by atoms with Gasteiger partial charge in [-0.05, 0) is 57.7 Å². The molecule has 0 amide bonds. The lowest BCUT2D eigenvalue weighted by Gasteiger charge is -2.33. The Balaban J connectivity index is 1.57. The van der Waals surface area contributed by atoms with Crippen LogP contribution in [0.1, 0.15) is 39.0 Å². The molecule has 2 saturated heterocycles. The molecule has 2 unspecified atom stereocenters. The fourth-order valence-corrected chi connectivity index (χ4v) is 3.00. The van der Waals surface area contributed by atoms with E-state index < -0.39 is 0 Å². The largest absolute Gasteiger partial charge is 0.376 e. The van der Waals surface area contributed by atoms with Crippen LogP contribution in [0, 0.1) is 5.92 Å². The first-order chi connectivity index (χ1) is 8.38. The third-order valence-electron chi connectivity index (χ3n) is 4.16. The van der Waals surface area contributed by atoms with Crippen molar-refractivity contribution in [1.29, 1.82) is 0 Å². The summed E-state index contributed by atoms with van der Waals surface area (Å²) in [5.41, 5.74) is 0. The molecule has 0 aromatic heterocycles. The summed E-state index contributed by atoms with van der Waals surface area (Å²) >= 11 is 0. The summed E-state index contributed by atoms with van der Waals surface area (Å²) in [5, 5.41) is 3.51. The number of hydrogen-bond donors (Lipinski definition) is 1. The molecule has 100 valence electrons. The van der Waals surface area contributed by atoms with Gasteiger partial charge < -0.3 is 10.1 Å². The maximum atomic E-state index is 5.70. The van der Waals surface area contributed by atoms with Crippen LogP contribution in [0.4, 0.5) is 0 Å². The number of ether oxygens (including phenoxy) is 1. The Morgan fingerprint density at radius 2 is 2.35 bits per heavy atom. The molecule has 17 heavy (non-hydrogen) atoms. The van der Waals surface area contributed by atoms with E-state index in [1.165, 1.54) is 45.3 Å². The second-order valence-corrected chi connectivity index (χ2v) is 5.56. The molecule has 0 radical (unpaired) electrons. The Morgan fingerprint density at radius 1 is 1.41 bits per heavy atom. The molecule has 3 nitrogen and oxygen atoms in total. The summed E-state index contributed by atoms with van der Waals surface area (Å²) in [4.78, 5) is 2.59. The fraction of sp³-hybridized carbons (Fsp3) is 1.00.